The van der Waals surface area contributed by atoms with E-state index < -0.39 is 0 Å². The van der Waals surface area contributed by atoms with E-state index in [1.165, 1.54) is 0 Å². The minimum Gasteiger partial charge on any atom is -0.343 e. The molecule has 3 rings (SSSR count). The third-order valence-electron chi connectivity index (χ3n) is 3.28. The average Bonchev–Trinajstić information content (AvgIpc) is 2.85. The highest BCUT2D eigenvalue weighted by molar-refractivity contribution is 6.33. The number of carbonyl (C=O) groups excluding carboxylic acids is 1. The summed E-state index contributed by atoms with van der Waals surface area (Å²) in [5.41, 5.74) is 2.62. The lowest BCUT2D eigenvalue weighted by Crippen LogP contribution is -1.99. The fraction of sp³-hybridized carbons (Fsp3) is 0.0625. The Morgan fingerprint density at radius 1 is 1.05 bits per heavy atom. The summed E-state index contributed by atoms with van der Waals surface area (Å²) in [7, 11) is 0. The van der Waals surface area contributed by atoms with Gasteiger partial charge in [-0.25, -0.2) is 0 Å². The van der Waals surface area contributed by atoms with E-state index in [2.05, 4.69) is 4.57 Å². The Morgan fingerprint density at radius 3 is 2.70 bits per heavy atom. The molecule has 2 nitrogen and oxygen atoms in total. The number of hydrogen-bond acceptors (Lipinski definition) is 1. The summed E-state index contributed by atoms with van der Waals surface area (Å²) in [4.78, 5) is 10.9. The van der Waals surface area contributed by atoms with Crippen LogP contribution < -0.4 is 0 Å². The first-order valence-corrected chi connectivity index (χ1v) is 6.91. The van der Waals surface area contributed by atoms with Gasteiger partial charge in [-0.2, -0.15) is 0 Å². The van der Waals surface area contributed by atoms with Gasteiger partial charge in [-0.3, -0.25) is 4.79 Å². The molecule has 0 aliphatic heterocycles. The van der Waals surface area contributed by atoms with Crippen LogP contribution in [0.15, 0.2) is 48.7 Å². The quantitative estimate of drug-likeness (QED) is 0.636. The zero-order valence-electron chi connectivity index (χ0n) is 10.5. The maximum absolute atomic E-state index is 10.9. The molecule has 0 amide bonds. The zero-order valence-corrected chi connectivity index (χ0v) is 12.0. The van der Waals surface area contributed by atoms with Gasteiger partial charge in [0.25, 0.3) is 0 Å². The summed E-state index contributed by atoms with van der Waals surface area (Å²) < 4.78 is 2.06. The first kappa shape index (κ1) is 13.2. The third kappa shape index (κ3) is 2.45. The fourth-order valence-corrected chi connectivity index (χ4v) is 2.63. The van der Waals surface area contributed by atoms with Crippen molar-refractivity contribution in [2.24, 2.45) is 0 Å². The van der Waals surface area contributed by atoms with E-state index >= 15 is 0 Å². The van der Waals surface area contributed by atoms with Gasteiger partial charge in [0, 0.05) is 33.9 Å². The van der Waals surface area contributed by atoms with E-state index in [1.807, 2.05) is 36.5 Å². The molecular formula is C16H11Cl2NO. The molecule has 0 aliphatic carbocycles. The molecule has 2 aromatic carbocycles. The number of aldehydes is 1. The molecular weight excluding hydrogens is 293 g/mol. The summed E-state index contributed by atoms with van der Waals surface area (Å²) in [6.07, 6.45) is 2.83. The van der Waals surface area contributed by atoms with Crippen molar-refractivity contribution in [1.29, 1.82) is 0 Å². The van der Waals surface area contributed by atoms with Crippen LogP contribution in [0, 0.1) is 0 Å². The molecule has 0 saturated carbocycles. The molecule has 0 fully saturated rings. The normalized spacial score (nSPS) is 10.9. The predicted octanol–water partition coefficient (Wildman–Crippen LogP) is 4.81. The molecule has 0 atom stereocenters. The Morgan fingerprint density at radius 2 is 1.90 bits per heavy atom. The van der Waals surface area contributed by atoms with E-state index in [1.54, 1.807) is 12.1 Å². The molecule has 0 aliphatic rings. The first-order chi connectivity index (χ1) is 9.67. The van der Waals surface area contributed by atoms with E-state index in [-0.39, 0.29) is 0 Å². The minimum absolute atomic E-state index is 0.616. The van der Waals surface area contributed by atoms with Gasteiger partial charge in [0.2, 0.25) is 0 Å². The Labute approximate surface area is 126 Å². The highest BCUT2D eigenvalue weighted by Crippen LogP contribution is 2.24. The van der Waals surface area contributed by atoms with Crippen LogP contribution in [-0.2, 0) is 6.54 Å². The van der Waals surface area contributed by atoms with Crippen LogP contribution in [0.25, 0.3) is 10.9 Å². The van der Waals surface area contributed by atoms with Crippen molar-refractivity contribution in [3.63, 3.8) is 0 Å². The summed E-state index contributed by atoms with van der Waals surface area (Å²) in [5.74, 6) is 0. The molecule has 1 aromatic heterocycles. The van der Waals surface area contributed by atoms with Gasteiger partial charge >= 0.3 is 0 Å². The molecule has 20 heavy (non-hydrogen) atoms. The monoisotopic (exact) mass is 303 g/mol. The largest absolute Gasteiger partial charge is 0.343 e. The van der Waals surface area contributed by atoms with E-state index in [0.29, 0.717) is 22.2 Å². The highest BCUT2D eigenvalue weighted by Gasteiger charge is 2.06. The van der Waals surface area contributed by atoms with Gasteiger partial charge in [0.15, 0.2) is 0 Å². The number of aromatic nitrogens is 1. The van der Waals surface area contributed by atoms with Crippen LogP contribution >= 0.6 is 23.2 Å². The van der Waals surface area contributed by atoms with Crippen LogP contribution in [0.4, 0.5) is 0 Å². The summed E-state index contributed by atoms with van der Waals surface area (Å²) in [6, 6.07) is 13.1. The van der Waals surface area contributed by atoms with Crippen molar-refractivity contribution in [2.75, 3.05) is 0 Å². The number of rotatable bonds is 3. The molecule has 0 spiro atoms. The molecule has 0 N–H and O–H groups in total. The van der Waals surface area contributed by atoms with Crippen LogP contribution in [0.1, 0.15) is 15.9 Å². The maximum atomic E-state index is 10.9. The maximum Gasteiger partial charge on any atom is 0.150 e. The van der Waals surface area contributed by atoms with E-state index in [9.17, 15) is 4.79 Å². The van der Waals surface area contributed by atoms with Crippen LogP contribution in [0.5, 0.6) is 0 Å². The predicted molar refractivity (Wildman–Crippen MR) is 82.9 cm³/mol. The number of halogens is 2. The van der Waals surface area contributed by atoms with Crippen molar-refractivity contribution < 1.29 is 4.79 Å². The number of benzene rings is 2. The lowest BCUT2D eigenvalue weighted by atomic mass is 10.2. The average molecular weight is 304 g/mol. The zero-order chi connectivity index (χ0) is 14.1. The summed E-state index contributed by atoms with van der Waals surface area (Å²) in [5, 5.41) is 2.44. The number of fused-ring (bicyclic) bond motifs is 1. The van der Waals surface area contributed by atoms with Crippen molar-refractivity contribution in [3.8, 4) is 0 Å². The first-order valence-electron chi connectivity index (χ1n) is 6.15. The number of carbonyl (C=O) groups is 1. The molecule has 0 saturated heterocycles. The van der Waals surface area contributed by atoms with Gasteiger partial charge < -0.3 is 4.57 Å². The number of nitrogens with zero attached hydrogens (tertiary/aromatic N) is 1. The molecule has 3 aromatic rings. The van der Waals surface area contributed by atoms with E-state index in [0.717, 1.165) is 22.8 Å². The SMILES string of the molecule is O=Cc1ccc2ccn(Cc3cc(Cl)ccc3Cl)c2c1. The fourth-order valence-electron chi connectivity index (χ4n) is 2.26. The number of hydrogen-bond donors (Lipinski definition) is 0. The van der Waals surface area contributed by atoms with Gasteiger partial charge in [-0.1, -0.05) is 35.3 Å². The Hall–Kier alpha value is -1.77. The third-order valence-corrected chi connectivity index (χ3v) is 3.89. The van der Waals surface area contributed by atoms with E-state index in [4.69, 9.17) is 23.2 Å². The van der Waals surface area contributed by atoms with Crippen molar-refractivity contribution >= 4 is 40.4 Å². The topological polar surface area (TPSA) is 22.0 Å². The molecule has 0 bridgehead atoms. The molecule has 100 valence electrons. The van der Waals surface area contributed by atoms with Gasteiger partial charge in [-0.05, 0) is 41.3 Å². The molecule has 0 radical (unpaired) electrons. The van der Waals surface area contributed by atoms with Crippen LogP contribution in [0.3, 0.4) is 0 Å². The highest BCUT2D eigenvalue weighted by atomic mass is 35.5. The summed E-state index contributed by atoms with van der Waals surface area (Å²) >= 11 is 12.2. The second-order valence-corrected chi connectivity index (χ2v) is 5.46. The second-order valence-electron chi connectivity index (χ2n) is 4.62. The Bertz CT molecular complexity index is 792. The van der Waals surface area contributed by atoms with Gasteiger partial charge in [-0.15, -0.1) is 0 Å². The lowest BCUT2D eigenvalue weighted by Gasteiger charge is -2.08. The lowest BCUT2D eigenvalue weighted by molar-refractivity contribution is 0.112. The standard InChI is InChI=1S/C16H11Cl2NO/c17-14-3-4-15(18)13(8-14)9-19-6-5-12-2-1-11(10-20)7-16(12)19/h1-8,10H,9H2. The molecule has 1 heterocycles. The van der Waals surface area contributed by atoms with Gasteiger partial charge in [0.1, 0.15) is 6.29 Å². The van der Waals surface area contributed by atoms with Crippen molar-refractivity contribution in [3.05, 3.63) is 69.8 Å². The van der Waals surface area contributed by atoms with Gasteiger partial charge in [0.05, 0.1) is 0 Å². The van der Waals surface area contributed by atoms with Crippen LogP contribution in [0.2, 0.25) is 10.0 Å². The minimum atomic E-state index is 0.616. The Kier molecular flexibility index (Phi) is 3.51. The Balaban J connectivity index is 2.06. The second kappa shape index (κ2) is 5.31. The smallest absolute Gasteiger partial charge is 0.150 e. The van der Waals surface area contributed by atoms with Crippen LogP contribution in [-0.4, -0.2) is 10.9 Å². The van der Waals surface area contributed by atoms with Crippen molar-refractivity contribution in [1.82, 2.24) is 4.57 Å². The van der Waals surface area contributed by atoms with Crippen molar-refractivity contribution in [2.45, 2.75) is 6.54 Å². The molecule has 4 heteroatoms. The molecule has 0 unspecified atom stereocenters. The summed E-state index contributed by atoms with van der Waals surface area (Å²) in [6.45, 7) is 0.616.